The molecule has 1 aromatic heterocycles. The van der Waals surface area contributed by atoms with Crippen LogP contribution in [0.5, 0.6) is 0 Å². The van der Waals surface area contributed by atoms with Crippen molar-refractivity contribution in [2.75, 3.05) is 0 Å². The first-order valence-corrected chi connectivity index (χ1v) is 10.9. The highest BCUT2D eigenvalue weighted by molar-refractivity contribution is 5.84. The Morgan fingerprint density at radius 1 is 0.452 bits per heavy atom. The van der Waals surface area contributed by atoms with Gasteiger partial charge < -0.3 is 4.57 Å². The molecule has 0 aliphatic carbocycles. The zero-order chi connectivity index (χ0) is 22.4. The lowest BCUT2D eigenvalue weighted by Crippen LogP contribution is -1.88. The number of hydrogen-bond donors (Lipinski definition) is 0. The summed E-state index contributed by atoms with van der Waals surface area (Å²) in [5, 5.41) is 3.99. The van der Waals surface area contributed by atoms with Crippen molar-refractivity contribution < 1.29 is 0 Å². The molecule has 5 rings (SSSR count). The number of hydrogen-bond acceptors (Lipinski definition) is 0. The average Bonchev–Trinajstić information content (AvgIpc) is 3.06. The van der Waals surface area contributed by atoms with Crippen LogP contribution in [0.25, 0.3) is 21.7 Å². The Balaban J connectivity index is 0.000000135. The lowest BCUT2D eigenvalue weighted by Gasteiger charge is -2.02. The third-order valence-electron chi connectivity index (χ3n) is 5.98. The van der Waals surface area contributed by atoms with Gasteiger partial charge in [0.05, 0.1) is 0 Å². The quantitative estimate of drug-likeness (QED) is 0.243. The normalized spacial score (nSPS) is 10.3. The van der Waals surface area contributed by atoms with Gasteiger partial charge in [0.25, 0.3) is 0 Å². The smallest absolute Gasteiger partial charge is 0.0479 e. The van der Waals surface area contributed by atoms with Gasteiger partial charge in [-0.05, 0) is 85.2 Å². The van der Waals surface area contributed by atoms with Gasteiger partial charge in [0, 0.05) is 18.3 Å². The van der Waals surface area contributed by atoms with E-state index in [4.69, 9.17) is 0 Å². The fraction of sp³-hybridized carbons (Fsp3) is 0.200. The largest absolute Gasteiger partial charge is 0.348 e. The van der Waals surface area contributed by atoms with Crippen molar-refractivity contribution in [3.8, 4) is 0 Å². The minimum atomic E-state index is 1.31. The highest BCUT2D eigenvalue weighted by Crippen LogP contribution is 2.18. The van der Waals surface area contributed by atoms with Crippen molar-refractivity contribution >= 4 is 21.7 Å². The average molecular weight is 408 g/mol. The Kier molecular flexibility index (Phi) is 7.31. The third kappa shape index (κ3) is 5.64. The van der Waals surface area contributed by atoms with Gasteiger partial charge in [-0.15, -0.1) is 0 Å². The fourth-order valence-corrected chi connectivity index (χ4v) is 3.56. The van der Waals surface area contributed by atoms with E-state index in [-0.39, 0.29) is 0 Å². The Morgan fingerprint density at radius 3 is 1.32 bits per heavy atom. The van der Waals surface area contributed by atoms with E-state index >= 15 is 0 Å². The van der Waals surface area contributed by atoms with Gasteiger partial charge in [-0.25, -0.2) is 0 Å². The Hall–Kier alpha value is -3.32. The van der Waals surface area contributed by atoms with E-state index in [0.717, 1.165) is 0 Å². The van der Waals surface area contributed by atoms with Crippen LogP contribution in [-0.2, 0) is 7.05 Å². The summed E-state index contributed by atoms with van der Waals surface area (Å²) in [7, 11) is 2.09. The molecule has 0 amide bonds. The molecule has 31 heavy (non-hydrogen) atoms. The molecule has 0 spiro atoms. The van der Waals surface area contributed by atoms with Crippen LogP contribution in [0.4, 0.5) is 0 Å². The predicted octanol–water partition coefficient (Wildman–Crippen LogP) is 8.25. The molecule has 158 valence electrons. The maximum Gasteiger partial charge on any atom is 0.0479 e. The number of para-hydroxylation sites is 1. The molecule has 0 radical (unpaired) electrons. The van der Waals surface area contributed by atoms with Crippen LogP contribution < -0.4 is 0 Å². The second-order valence-corrected chi connectivity index (χ2v) is 8.27. The molecule has 5 aromatic rings. The number of rotatable bonds is 0. The van der Waals surface area contributed by atoms with Crippen molar-refractivity contribution in [2.24, 2.45) is 7.05 Å². The van der Waals surface area contributed by atoms with E-state index in [2.05, 4.69) is 137 Å². The minimum absolute atomic E-state index is 1.31. The van der Waals surface area contributed by atoms with Gasteiger partial charge in [0.1, 0.15) is 0 Å². The first-order chi connectivity index (χ1) is 14.9. The molecule has 0 bridgehead atoms. The van der Waals surface area contributed by atoms with Crippen LogP contribution in [0.2, 0.25) is 0 Å². The van der Waals surface area contributed by atoms with Crippen molar-refractivity contribution in [3.63, 3.8) is 0 Å². The highest BCUT2D eigenvalue weighted by atomic mass is 14.9. The van der Waals surface area contributed by atoms with Gasteiger partial charge in [-0.2, -0.15) is 0 Å². The van der Waals surface area contributed by atoms with Gasteiger partial charge in [-0.3, -0.25) is 0 Å². The van der Waals surface area contributed by atoms with Gasteiger partial charge >= 0.3 is 0 Å². The number of nitrogens with zero attached hydrogens (tertiary/aromatic N) is 1. The molecule has 0 unspecified atom stereocenters. The van der Waals surface area contributed by atoms with E-state index in [1.54, 1.807) is 0 Å². The van der Waals surface area contributed by atoms with Gasteiger partial charge in [-0.1, -0.05) is 78.9 Å². The Labute approximate surface area is 187 Å². The SMILES string of the molecule is Cc1cc2ccccc2cc1C.Cc1cc2ccccc2n1C.Cc1ccccc1C. The van der Waals surface area contributed by atoms with Crippen LogP contribution in [0.3, 0.4) is 0 Å². The summed E-state index contributed by atoms with van der Waals surface area (Å²) in [5.41, 5.74) is 8.10. The molecule has 1 heteroatoms. The molecule has 0 aliphatic rings. The van der Waals surface area contributed by atoms with Crippen molar-refractivity contribution in [3.05, 3.63) is 119 Å². The number of benzene rings is 4. The van der Waals surface area contributed by atoms with Crippen molar-refractivity contribution in [1.82, 2.24) is 4.57 Å². The molecule has 1 heterocycles. The Morgan fingerprint density at radius 2 is 0.871 bits per heavy atom. The van der Waals surface area contributed by atoms with Crippen LogP contribution in [0, 0.1) is 34.6 Å². The van der Waals surface area contributed by atoms with E-state index in [1.165, 1.54) is 49.6 Å². The van der Waals surface area contributed by atoms with E-state index < -0.39 is 0 Å². The monoisotopic (exact) mass is 407 g/mol. The summed E-state index contributed by atoms with van der Waals surface area (Å²) >= 11 is 0. The number of fused-ring (bicyclic) bond motifs is 2. The predicted molar refractivity (Wildman–Crippen MR) is 137 cm³/mol. The van der Waals surface area contributed by atoms with E-state index in [0.29, 0.717) is 0 Å². The van der Waals surface area contributed by atoms with Crippen LogP contribution >= 0.6 is 0 Å². The molecular weight excluding hydrogens is 374 g/mol. The maximum atomic E-state index is 2.24. The first-order valence-electron chi connectivity index (χ1n) is 10.9. The topological polar surface area (TPSA) is 4.93 Å². The summed E-state index contributed by atoms with van der Waals surface area (Å²) in [4.78, 5) is 0. The van der Waals surface area contributed by atoms with Crippen molar-refractivity contribution in [2.45, 2.75) is 34.6 Å². The van der Waals surface area contributed by atoms with Crippen molar-refractivity contribution in [1.29, 1.82) is 0 Å². The summed E-state index contributed by atoms with van der Waals surface area (Å²) < 4.78 is 2.20. The number of aryl methyl sites for hydroxylation is 6. The van der Waals surface area contributed by atoms with Crippen LogP contribution in [0.1, 0.15) is 27.9 Å². The fourth-order valence-electron chi connectivity index (χ4n) is 3.56. The summed E-state index contributed by atoms with van der Waals surface area (Å²) in [5.74, 6) is 0. The van der Waals surface area contributed by atoms with E-state index in [9.17, 15) is 0 Å². The standard InChI is InChI=1S/C12H12.C10H11N.C8H10/c1-9-7-11-5-3-4-6-12(11)8-10(9)2;1-8-7-9-5-3-4-6-10(9)11(8)2;1-7-5-3-4-6-8(7)2/h3-8H,1-2H3;3-7H,1-2H3;3-6H,1-2H3. The maximum absolute atomic E-state index is 2.24. The second kappa shape index (κ2) is 10.1. The summed E-state index contributed by atoms with van der Waals surface area (Å²) in [6.45, 7) is 10.7. The molecule has 1 nitrogen and oxygen atoms in total. The Bertz CT molecular complexity index is 1230. The molecule has 0 N–H and O–H groups in total. The summed E-state index contributed by atoms with van der Waals surface area (Å²) in [6, 6.07) is 31.9. The molecule has 0 atom stereocenters. The highest BCUT2D eigenvalue weighted by Gasteiger charge is 1.98. The first kappa shape index (κ1) is 22.4. The molecular formula is C30H33N. The number of aromatic nitrogens is 1. The summed E-state index contributed by atoms with van der Waals surface area (Å²) in [6.07, 6.45) is 0. The molecule has 4 aromatic carbocycles. The second-order valence-electron chi connectivity index (χ2n) is 8.27. The molecule has 0 aliphatic heterocycles. The zero-order valence-corrected chi connectivity index (χ0v) is 19.6. The van der Waals surface area contributed by atoms with E-state index in [1.807, 2.05) is 0 Å². The molecule has 0 fully saturated rings. The minimum Gasteiger partial charge on any atom is -0.348 e. The lowest BCUT2D eigenvalue weighted by molar-refractivity contribution is 0.918. The zero-order valence-electron chi connectivity index (χ0n) is 19.6. The van der Waals surface area contributed by atoms with Gasteiger partial charge in [0.15, 0.2) is 0 Å². The van der Waals surface area contributed by atoms with Crippen LogP contribution in [-0.4, -0.2) is 4.57 Å². The van der Waals surface area contributed by atoms with Crippen LogP contribution in [0.15, 0.2) is 91.0 Å². The molecule has 0 saturated carbocycles. The third-order valence-corrected chi connectivity index (χ3v) is 5.98. The molecule has 0 saturated heterocycles. The van der Waals surface area contributed by atoms with Gasteiger partial charge in [0.2, 0.25) is 0 Å². The lowest BCUT2D eigenvalue weighted by atomic mass is 10.0.